The Kier molecular flexibility index (Phi) is 5.90. The van der Waals surface area contributed by atoms with E-state index in [2.05, 4.69) is 13.8 Å². The highest BCUT2D eigenvalue weighted by Gasteiger charge is 2.61. The third-order valence-electron chi connectivity index (χ3n) is 10.2. The van der Waals surface area contributed by atoms with Gasteiger partial charge in [-0.15, -0.1) is 0 Å². The smallest absolute Gasteiger partial charge is 0.375 e. The van der Waals surface area contributed by atoms with Gasteiger partial charge in [0.05, 0.1) is 18.6 Å². The molecule has 0 spiro atoms. The van der Waals surface area contributed by atoms with Crippen molar-refractivity contribution in [1.82, 2.24) is 0 Å². The monoisotopic (exact) mass is 432 g/mol. The Hall–Kier alpha value is -1.23. The lowest BCUT2D eigenvalue weighted by molar-refractivity contribution is -0.156. The standard InChI is InChI=1S/C26H40O5/c1-5-31-23(29)22(28)14-21(27)20-9-8-18-17-7-6-16-15-24(2,30)12-13-25(16,3)19(17)10-11-26(18,20)4/h16-20,30H,5-15H2,1-4H3/t16?,17-,18-,19-,20+,24+,25-,26-/m0/s1. The first-order valence-corrected chi connectivity index (χ1v) is 12.5. The number of esters is 1. The van der Waals surface area contributed by atoms with Gasteiger partial charge in [-0.25, -0.2) is 4.79 Å². The number of rotatable bonds is 5. The van der Waals surface area contributed by atoms with Crippen molar-refractivity contribution in [2.24, 2.45) is 40.4 Å². The van der Waals surface area contributed by atoms with E-state index in [0.29, 0.717) is 29.1 Å². The number of hydrogen-bond acceptors (Lipinski definition) is 5. The van der Waals surface area contributed by atoms with E-state index in [1.165, 1.54) is 12.8 Å². The van der Waals surface area contributed by atoms with Crippen molar-refractivity contribution in [1.29, 1.82) is 0 Å². The van der Waals surface area contributed by atoms with E-state index in [9.17, 15) is 19.5 Å². The highest BCUT2D eigenvalue weighted by atomic mass is 16.5. The number of ketones is 2. The first-order chi connectivity index (χ1) is 14.5. The summed E-state index contributed by atoms with van der Waals surface area (Å²) >= 11 is 0. The molecule has 4 saturated carbocycles. The van der Waals surface area contributed by atoms with Gasteiger partial charge < -0.3 is 9.84 Å². The summed E-state index contributed by atoms with van der Waals surface area (Å²) in [5.74, 6) is 0.691. The molecule has 31 heavy (non-hydrogen) atoms. The molecule has 1 unspecified atom stereocenters. The number of fused-ring (bicyclic) bond motifs is 5. The number of hydrogen-bond donors (Lipinski definition) is 1. The minimum atomic E-state index is -0.876. The molecule has 4 fully saturated rings. The Balaban J connectivity index is 1.48. The topological polar surface area (TPSA) is 80.7 Å². The Morgan fingerprint density at radius 1 is 0.903 bits per heavy atom. The third-order valence-corrected chi connectivity index (χ3v) is 10.2. The molecule has 0 bridgehead atoms. The number of carbonyl (C=O) groups excluding carboxylic acids is 3. The second kappa shape index (κ2) is 7.97. The Labute approximate surface area is 186 Å². The molecule has 5 nitrogen and oxygen atoms in total. The van der Waals surface area contributed by atoms with Crippen LogP contribution in [0.5, 0.6) is 0 Å². The molecular formula is C26H40O5. The summed E-state index contributed by atoms with van der Waals surface area (Å²) in [5, 5.41) is 10.7. The minimum absolute atomic E-state index is 0.0590. The van der Waals surface area contributed by atoms with Crippen LogP contribution in [0, 0.1) is 40.4 Å². The van der Waals surface area contributed by atoms with Crippen LogP contribution < -0.4 is 0 Å². The average molecular weight is 433 g/mol. The summed E-state index contributed by atoms with van der Waals surface area (Å²) in [6.07, 6.45) is 9.05. The lowest BCUT2D eigenvalue weighted by atomic mass is 9.44. The van der Waals surface area contributed by atoms with Crippen LogP contribution in [0.15, 0.2) is 0 Å². The third kappa shape index (κ3) is 3.79. The SMILES string of the molecule is CCOC(=O)C(=O)CC(=O)[C@H]1CC[C@H]2[C@@H]3CCC4C[C@](C)(O)CC[C@]4(C)[C@H]3CC[C@]12C. The summed E-state index contributed by atoms with van der Waals surface area (Å²) in [7, 11) is 0. The van der Waals surface area contributed by atoms with Gasteiger partial charge in [0.25, 0.3) is 0 Å². The van der Waals surface area contributed by atoms with Gasteiger partial charge in [0, 0.05) is 5.92 Å². The predicted octanol–water partition coefficient (Wildman–Crippen LogP) is 4.49. The van der Waals surface area contributed by atoms with E-state index < -0.39 is 17.4 Å². The summed E-state index contributed by atoms with van der Waals surface area (Å²) in [6, 6.07) is 0. The molecule has 0 aliphatic heterocycles. The van der Waals surface area contributed by atoms with Crippen LogP contribution in [-0.2, 0) is 19.1 Å². The Morgan fingerprint density at radius 3 is 2.32 bits per heavy atom. The van der Waals surface area contributed by atoms with Crippen LogP contribution in [0.4, 0.5) is 0 Å². The van der Waals surface area contributed by atoms with Gasteiger partial charge in [-0.2, -0.15) is 0 Å². The van der Waals surface area contributed by atoms with Crippen molar-refractivity contribution in [3.05, 3.63) is 0 Å². The van der Waals surface area contributed by atoms with Gasteiger partial charge in [0.2, 0.25) is 5.78 Å². The molecule has 0 heterocycles. The van der Waals surface area contributed by atoms with Crippen LogP contribution in [0.3, 0.4) is 0 Å². The molecule has 4 rings (SSSR count). The Bertz CT molecular complexity index is 757. The molecule has 0 aromatic rings. The van der Waals surface area contributed by atoms with E-state index in [-0.39, 0.29) is 30.1 Å². The van der Waals surface area contributed by atoms with Crippen molar-refractivity contribution in [2.45, 2.75) is 97.5 Å². The molecule has 5 heteroatoms. The molecule has 0 aromatic heterocycles. The maximum absolute atomic E-state index is 13.1. The minimum Gasteiger partial charge on any atom is -0.460 e. The van der Waals surface area contributed by atoms with Gasteiger partial charge in [0.1, 0.15) is 5.78 Å². The number of carbonyl (C=O) groups is 3. The van der Waals surface area contributed by atoms with Crippen LogP contribution in [0.1, 0.15) is 91.9 Å². The highest BCUT2D eigenvalue weighted by Crippen LogP contribution is 2.68. The highest BCUT2D eigenvalue weighted by molar-refractivity contribution is 6.37. The van der Waals surface area contributed by atoms with Crippen molar-refractivity contribution in [3.63, 3.8) is 0 Å². The van der Waals surface area contributed by atoms with Crippen molar-refractivity contribution in [2.75, 3.05) is 6.61 Å². The van der Waals surface area contributed by atoms with Crippen molar-refractivity contribution in [3.8, 4) is 0 Å². The first kappa shape index (κ1) is 22.9. The fourth-order valence-electron chi connectivity index (χ4n) is 8.53. The largest absolute Gasteiger partial charge is 0.460 e. The lowest BCUT2D eigenvalue weighted by Gasteiger charge is -2.61. The summed E-state index contributed by atoms with van der Waals surface area (Å²) in [4.78, 5) is 36.9. The van der Waals surface area contributed by atoms with Gasteiger partial charge >= 0.3 is 5.97 Å². The van der Waals surface area contributed by atoms with Gasteiger partial charge in [0.15, 0.2) is 0 Å². The molecule has 1 N–H and O–H groups in total. The molecule has 0 radical (unpaired) electrons. The van der Waals surface area contributed by atoms with Gasteiger partial charge in [-0.05, 0) is 106 Å². The zero-order valence-corrected chi connectivity index (χ0v) is 19.7. The summed E-state index contributed by atoms with van der Waals surface area (Å²) in [5.41, 5.74) is -0.276. The number of Topliss-reactive ketones (excluding diaryl/α,β-unsaturated/α-hetero) is 2. The molecule has 8 atom stereocenters. The van der Waals surface area contributed by atoms with E-state index in [1.54, 1.807) is 6.92 Å². The molecule has 0 aromatic carbocycles. The normalized spacial score (nSPS) is 46.4. The predicted molar refractivity (Wildman–Crippen MR) is 117 cm³/mol. The van der Waals surface area contributed by atoms with Crippen LogP contribution in [0.25, 0.3) is 0 Å². The molecule has 4 aliphatic carbocycles. The van der Waals surface area contributed by atoms with Gasteiger partial charge in [-0.3, -0.25) is 9.59 Å². The molecular weight excluding hydrogens is 392 g/mol. The number of ether oxygens (including phenoxy) is 1. The maximum Gasteiger partial charge on any atom is 0.375 e. The average Bonchev–Trinajstić information content (AvgIpc) is 3.06. The van der Waals surface area contributed by atoms with Crippen molar-refractivity contribution >= 4 is 17.5 Å². The molecule has 0 saturated heterocycles. The fraction of sp³-hybridized carbons (Fsp3) is 0.885. The quantitative estimate of drug-likeness (QED) is 0.393. The zero-order chi connectivity index (χ0) is 22.6. The fourth-order valence-corrected chi connectivity index (χ4v) is 8.53. The maximum atomic E-state index is 13.1. The number of aliphatic hydroxyl groups is 1. The zero-order valence-electron chi connectivity index (χ0n) is 19.7. The van der Waals surface area contributed by atoms with E-state index >= 15 is 0 Å². The van der Waals surface area contributed by atoms with Crippen LogP contribution in [-0.4, -0.2) is 34.9 Å². The molecule has 0 amide bonds. The summed E-state index contributed by atoms with van der Waals surface area (Å²) in [6.45, 7) is 8.57. The summed E-state index contributed by atoms with van der Waals surface area (Å²) < 4.78 is 4.79. The van der Waals surface area contributed by atoms with Crippen LogP contribution in [0.2, 0.25) is 0 Å². The second-order valence-electron chi connectivity index (χ2n) is 11.8. The van der Waals surface area contributed by atoms with Crippen LogP contribution >= 0.6 is 0 Å². The molecule has 4 aliphatic rings. The van der Waals surface area contributed by atoms with E-state index in [4.69, 9.17) is 4.74 Å². The van der Waals surface area contributed by atoms with E-state index in [0.717, 1.165) is 44.9 Å². The van der Waals surface area contributed by atoms with E-state index in [1.807, 2.05) is 6.92 Å². The molecule has 174 valence electrons. The van der Waals surface area contributed by atoms with Gasteiger partial charge in [-0.1, -0.05) is 13.8 Å². The lowest BCUT2D eigenvalue weighted by Crippen LogP contribution is -2.55. The Morgan fingerprint density at radius 2 is 1.61 bits per heavy atom. The first-order valence-electron chi connectivity index (χ1n) is 12.5. The second-order valence-corrected chi connectivity index (χ2v) is 11.8. The van der Waals surface area contributed by atoms with Crippen molar-refractivity contribution < 1.29 is 24.2 Å².